The Bertz CT molecular complexity index is 1330. The second-order valence-corrected chi connectivity index (χ2v) is 6.75. The third kappa shape index (κ3) is 3.17. The van der Waals surface area contributed by atoms with E-state index in [1.165, 1.54) is 0 Å². The van der Waals surface area contributed by atoms with Gasteiger partial charge in [0.2, 0.25) is 6.20 Å². The molecule has 0 fully saturated rings. The normalized spacial score (nSPS) is 11.5. The summed E-state index contributed by atoms with van der Waals surface area (Å²) in [6, 6.07) is 13.4. The van der Waals surface area contributed by atoms with E-state index < -0.39 is 0 Å². The molecule has 0 aliphatic rings. The predicted octanol–water partition coefficient (Wildman–Crippen LogP) is 1.41. The smallest absolute Gasteiger partial charge is 0.264 e. The molecule has 0 aliphatic carbocycles. The lowest BCUT2D eigenvalue weighted by atomic mass is 10.1. The first-order valence-electron chi connectivity index (χ1n) is 9.18. The summed E-state index contributed by atoms with van der Waals surface area (Å²) in [5.41, 5.74) is 4.79. The van der Waals surface area contributed by atoms with Crippen molar-refractivity contribution < 1.29 is 15.0 Å². The van der Waals surface area contributed by atoms with E-state index in [9.17, 15) is 5.21 Å². The van der Waals surface area contributed by atoms with E-state index >= 15 is 0 Å². The molecule has 2 N–H and O–H groups in total. The highest BCUT2D eigenvalue weighted by molar-refractivity contribution is 5.77. The molecule has 0 amide bonds. The monoisotopic (exact) mass is 388 g/mol. The van der Waals surface area contributed by atoms with Crippen molar-refractivity contribution in [2.24, 2.45) is 0 Å². The highest BCUT2D eigenvalue weighted by Crippen LogP contribution is 2.20. The van der Waals surface area contributed by atoms with Crippen LogP contribution >= 0.6 is 0 Å². The lowest BCUT2D eigenvalue weighted by molar-refractivity contribution is -0.884. The first kappa shape index (κ1) is 17.3. The molecule has 0 radical (unpaired) electrons. The standard InChI is InChI=1S/C20H18N7O2/c28-9-8-25-13-16(11-21-25)17-4-5-18-20(22-17)26(24-23-18)12-14-3-6-19-15(10-14)2-1-7-27(19)29/h1-7,10-11,13,28-29H,8-9,12H2/q+1. The number of hydrogen-bond donors (Lipinski definition) is 2. The summed E-state index contributed by atoms with van der Waals surface area (Å²) >= 11 is 0. The van der Waals surface area contributed by atoms with Crippen LogP contribution in [-0.4, -0.2) is 46.7 Å². The number of nitrogens with zero attached hydrogens (tertiary/aromatic N) is 7. The maximum Gasteiger partial charge on any atom is 0.264 e. The quantitative estimate of drug-likeness (QED) is 0.348. The molecule has 0 unspecified atom stereocenters. The predicted molar refractivity (Wildman–Crippen MR) is 104 cm³/mol. The van der Waals surface area contributed by atoms with Gasteiger partial charge in [-0.2, -0.15) is 5.10 Å². The molecule has 9 nitrogen and oxygen atoms in total. The van der Waals surface area contributed by atoms with Gasteiger partial charge < -0.3 is 5.11 Å². The second kappa shape index (κ2) is 6.95. The molecule has 0 saturated heterocycles. The molecular formula is C20H18N7O2+. The van der Waals surface area contributed by atoms with Gasteiger partial charge in [0.1, 0.15) is 5.52 Å². The van der Waals surface area contributed by atoms with Crippen LogP contribution in [0.25, 0.3) is 33.3 Å². The van der Waals surface area contributed by atoms with Crippen LogP contribution in [0.2, 0.25) is 0 Å². The van der Waals surface area contributed by atoms with E-state index in [1.54, 1.807) is 27.8 Å². The van der Waals surface area contributed by atoms with Crippen LogP contribution in [0, 0.1) is 0 Å². The number of aromatic nitrogens is 7. The van der Waals surface area contributed by atoms with Gasteiger partial charge in [-0.25, -0.2) is 9.67 Å². The van der Waals surface area contributed by atoms with Crippen LogP contribution in [0.4, 0.5) is 0 Å². The summed E-state index contributed by atoms with van der Waals surface area (Å²) in [6.45, 7) is 0.983. The number of fused-ring (bicyclic) bond motifs is 2. The molecule has 29 heavy (non-hydrogen) atoms. The van der Waals surface area contributed by atoms with E-state index in [4.69, 9.17) is 10.1 Å². The van der Waals surface area contributed by atoms with Gasteiger partial charge in [0.15, 0.2) is 5.65 Å². The topological polar surface area (TPSA) is 106 Å². The van der Waals surface area contributed by atoms with Gasteiger partial charge in [-0.1, -0.05) is 11.3 Å². The summed E-state index contributed by atoms with van der Waals surface area (Å²) in [7, 11) is 0. The van der Waals surface area contributed by atoms with Crippen molar-refractivity contribution in [1.82, 2.24) is 29.8 Å². The van der Waals surface area contributed by atoms with E-state index in [0.717, 1.165) is 32.5 Å². The summed E-state index contributed by atoms with van der Waals surface area (Å²) in [6.07, 6.45) is 5.18. The van der Waals surface area contributed by atoms with Gasteiger partial charge in [0, 0.05) is 28.6 Å². The molecule has 0 bridgehead atoms. The molecule has 144 valence electrons. The minimum atomic E-state index is 0.0340. The van der Waals surface area contributed by atoms with Gasteiger partial charge in [0.05, 0.1) is 37.0 Å². The van der Waals surface area contributed by atoms with E-state index in [-0.39, 0.29) is 6.61 Å². The van der Waals surface area contributed by atoms with Crippen molar-refractivity contribution in [3.8, 4) is 11.3 Å². The van der Waals surface area contributed by atoms with Crippen molar-refractivity contribution in [2.45, 2.75) is 13.1 Å². The lowest BCUT2D eigenvalue weighted by Gasteiger charge is -2.04. The molecule has 0 saturated carbocycles. The van der Waals surface area contributed by atoms with Crippen molar-refractivity contribution in [2.75, 3.05) is 6.61 Å². The van der Waals surface area contributed by atoms with Crippen molar-refractivity contribution in [3.63, 3.8) is 0 Å². The van der Waals surface area contributed by atoms with Crippen LogP contribution in [-0.2, 0) is 13.1 Å². The van der Waals surface area contributed by atoms with E-state index in [0.29, 0.717) is 24.3 Å². The van der Waals surface area contributed by atoms with Gasteiger partial charge in [-0.05, 0) is 29.8 Å². The van der Waals surface area contributed by atoms with Crippen LogP contribution < -0.4 is 4.73 Å². The van der Waals surface area contributed by atoms with Crippen LogP contribution in [0.5, 0.6) is 0 Å². The first-order chi connectivity index (χ1) is 14.2. The Morgan fingerprint density at radius 3 is 2.93 bits per heavy atom. The van der Waals surface area contributed by atoms with Gasteiger partial charge in [-0.3, -0.25) is 9.89 Å². The summed E-state index contributed by atoms with van der Waals surface area (Å²) in [5.74, 6) is 0. The Morgan fingerprint density at radius 2 is 2.03 bits per heavy atom. The number of pyridine rings is 2. The molecule has 4 aromatic heterocycles. The number of benzene rings is 1. The average Bonchev–Trinajstić information content (AvgIpc) is 3.35. The zero-order valence-corrected chi connectivity index (χ0v) is 15.4. The summed E-state index contributed by atoms with van der Waals surface area (Å²) in [5, 5.41) is 32.6. The fourth-order valence-corrected chi connectivity index (χ4v) is 3.37. The first-order valence-corrected chi connectivity index (χ1v) is 9.18. The molecule has 0 atom stereocenters. The largest absolute Gasteiger partial charge is 0.394 e. The zero-order valence-electron chi connectivity index (χ0n) is 15.4. The maximum absolute atomic E-state index is 9.89. The minimum absolute atomic E-state index is 0.0340. The second-order valence-electron chi connectivity index (χ2n) is 6.75. The SMILES string of the molecule is OCCn1cc(-c2ccc3nnn(Cc4ccc5c(ccc[n+]5O)c4)c3n2)cn1. The number of hydrogen-bond acceptors (Lipinski definition) is 6. The van der Waals surface area contributed by atoms with Crippen LogP contribution in [0.3, 0.4) is 0 Å². The number of aliphatic hydroxyl groups is 1. The maximum atomic E-state index is 9.89. The molecule has 0 aliphatic heterocycles. The highest BCUT2D eigenvalue weighted by atomic mass is 16.5. The minimum Gasteiger partial charge on any atom is -0.394 e. The lowest BCUT2D eigenvalue weighted by Crippen LogP contribution is -2.29. The van der Waals surface area contributed by atoms with Crippen LogP contribution in [0.1, 0.15) is 5.56 Å². The number of rotatable bonds is 5. The Morgan fingerprint density at radius 1 is 1.10 bits per heavy atom. The third-order valence-corrected chi connectivity index (χ3v) is 4.79. The zero-order chi connectivity index (χ0) is 19.8. The fraction of sp³-hybridized carbons (Fsp3) is 0.150. The Hall–Kier alpha value is -3.85. The summed E-state index contributed by atoms with van der Waals surface area (Å²) in [4.78, 5) is 4.73. The van der Waals surface area contributed by atoms with Crippen molar-refractivity contribution >= 4 is 22.1 Å². The molecule has 4 heterocycles. The van der Waals surface area contributed by atoms with E-state index in [2.05, 4.69) is 15.4 Å². The van der Waals surface area contributed by atoms with Gasteiger partial charge in [0.25, 0.3) is 5.52 Å². The van der Waals surface area contributed by atoms with Crippen molar-refractivity contribution in [3.05, 3.63) is 66.6 Å². The summed E-state index contributed by atoms with van der Waals surface area (Å²) < 4.78 is 4.54. The molecule has 5 rings (SSSR count). The van der Waals surface area contributed by atoms with Gasteiger partial charge in [-0.15, -0.1) is 5.10 Å². The van der Waals surface area contributed by atoms with Crippen LogP contribution in [0.15, 0.2) is 61.1 Å². The van der Waals surface area contributed by atoms with Crippen molar-refractivity contribution in [1.29, 1.82) is 0 Å². The molecule has 1 aromatic carbocycles. The average molecular weight is 388 g/mol. The molecule has 9 heteroatoms. The molecular weight excluding hydrogens is 370 g/mol. The van der Waals surface area contributed by atoms with E-state index in [1.807, 2.05) is 42.6 Å². The Kier molecular flexibility index (Phi) is 4.14. The Labute approximate surface area is 165 Å². The Balaban J connectivity index is 1.50. The third-order valence-electron chi connectivity index (χ3n) is 4.79. The molecule has 0 spiro atoms. The molecule has 5 aromatic rings. The number of aliphatic hydroxyl groups excluding tert-OH is 1. The fourth-order valence-electron chi connectivity index (χ4n) is 3.37. The van der Waals surface area contributed by atoms with Gasteiger partial charge >= 0.3 is 0 Å². The highest BCUT2D eigenvalue weighted by Gasteiger charge is 2.12.